The molecule has 1 saturated carbocycles. The van der Waals surface area contributed by atoms with Gasteiger partial charge < -0.3 is 25.2 Å². The number of phenols is 1. The molecule has 1 saturated heterocycles. The largest absolute Gasteiger partial charge is 0.507 e. The van der Waals surface area contributed by atoms with E-state index in [1.807, 2.05) is 60.6 Å². The van der Waals surface area contributed by atoms with E-state index in [1.54, 1.807) is 23.2 Å². The molecule has 2 fully saturated rings. The van der Waals surface area contributed by atoms with Crippen LogP contribution >= 0.6 is 0 Å². The summed E-state index contributed by atoms with van der Waals surface area (Å²) in [5.74, 6) is 0.992. The maximum absolute atomic E-state index is 12.3. The summed E-state index contributed by atoms with van der Waals surface area (Å²) in [6.45, 7) is 6.96. The van der Waals surface area contributed by atoms with E-state index in [0.717, 1.165) is 36.8 Å². The average Bonchev–Trinajstić information content (AvgIpc) is 3.52. The molecule has 3 N–H and O–H groups in total. The number of carbonyl (C=O) groups is 1. The van der Waals surface area contributed by atoms with Crippen LogP contribution in [0.3, 0.4) is 0 Å². The van der Waals surface area contributed by atoms with Gasteiger partial charge in [0.15, 0.2) is 0 Å². The van der Waals surface area contributed by atoms with E-state index >= 15 is 0 Å². The molecule has 1 aliphatic carbocycles. The van der Waals surface area contributed by atoms with Gasteiger partial charge in [0.05, 0.1) is 30.1 Å². The van der Waals surface area contributed by atoms with Gasteiger partial charge >= 0.3 is 6.09 Å². The van der Waals surface area contributed by atoms with Crippen molar-refractivity contribution < 1.29 is 19.4 Å². The number of piperidine rings is 1. The fourth-order valence-electron chi connectivity index (χ4n) is 5.29. The summed E-state index contributed by atoms with van der Waals surface area (Å²) in [6.07, 6.45) is 11.1. The topological polar surface area (TPSA) is 133 Å². The minimum atomic E-state index is -0.483. The highest BCUT2D eigenvalue weighted by Crippen LogP contribution is 2.37. The Morgan fingerprint density at radius 2 is 1.77 bits per heavy atom. The highest BCUT2D eigenvalue weighted by Gasteiger charge is 2.35. The molecule has 1 amide bonds. The second-order valence-corrected chi connectivity index (χ2v) is 11.6. The van der Waals surface area contributed by atoms with Crippen LogP contribution in [0.5, 0.6) is 5.75 Å². The fraction of sp³-hybridized carbons (Fsp3) is 0.448. The molecule has 0 bridgehead atoms. The van der Waals surface area contributed by atoms with Crippen LogP contribution in [0.4, 0.5) is 10.6 Å². The Kier molecular flexibility index (Phi) is 6.61. The van der Waals surface area contributed by atoms with Crippen molar-refractivity contribution in [2.24, 2.45) is 0 Å². The first-order valence-corrected chi connectivity index (χ1v) is 13.7. The Morgan fingerprint density at radius 1 is 1.02 bits per heavy atom. The predicted octanol–water partition coefficient (Wildman–Crippen LogP) is 4.67. The van der Waals surface area contributed by atoms with Crippen LogP contribution < -0.4 is 5.73 Å². The number of hydrogen-bond donors (Lipinski definition) is 2. The number of nitrogens with two attached hydrogens (primary N) is 1. The van der Waals surface area contributed by atoms with Crippen molar-refractivity contribution >= 4 is 17.7 Å². The van der Waals surface area contributed by atoms with E-state index in [0.29, 0.717) is 35.9 Å². The number of aromatic nitrogens is 5. The fourth-order valence-corrected chi connectivity index (χ4v) is 5.29. The number of amides is 1. The molecule has 4 heterocycles. The first-order chi connectivity index (χ1) is 19.1. The summed E-state index contributed by atoms with van der Waals surface area (Å²) in [4.78, 5) is 23.1. The lowest BCUT2D eigenvalue weighted by atomic mass is 9.89. The van der Waals surface area contributed by atoms with Crippen LogP contribution in [0.2, 0.25) is 0 Å². The second-order valence-electron chi connectivity index (χ2n) is 11.6. The number of para-hydroxylation sites is 1. The zero-order valence-corrected chi connectivity index (χ0v) is 23.0. The van der Waals surface area contributed by atoms with Crippen LogP contribution in [0.1, 0.15) is 52.5 Å². The van der Waals surface area contributed by atoms with Gasteiger partial charge in [0.25, 0.3) is 0 Å². The van der Waals surface area contributed by atoms with E-state index in [1.165, 1.54) is 0 Å². The number of likely N-dealkylation sites (tertiary alicyclic amines) is 1. The van der Waals surface area contributed by atoms with E-state index in [9.17, 15) is 9.90 Å². The molecule has 0 radical (unpaired) electrons. The normalized spacial score (nSPS) is 20.0. The summed E-state index contributed by atoms with van der Waals surface area (Å²) >= 11 is 0. The van der Waals surface area contributed by atoms with Crippen LogP contribution in [0, 0.1) is 0 Å². The Morgan fingerprint density at radius 3 is 2.50 bits per heavy atom. The van der Waals surface area contributed by atoms with Crippen LogP contribution in [0.15, 0.2) is 49.1 Å². The number of hydrogen-bond acceptors (Lipinski definition) is 8. The molecule has 6 rings (SSSR count). The first-order valence-electron chi connectivity index (χ1n) is 13.7. The third kappa shape index (κ3) is 5.33. The molecule has 3 aromatic heterocycles. The van der Waals surface area contributed by atoms with E-state index in [-0.39, 0.29) is 30.1 Å². The van der Waals surface area contributed by atoms with Crippen molar-refractivity contribution in [2.45, 2.75) is 70.3 Å². The molecule has 2 aliphatic rings. The predicted molar refractivity (Wildman–Crippen MR) is 150 cm³/mol. The van der Waals surface area contributed by atoms with Gasteiger partial charge in [-0.3, -0.25) is 9.08 Å². The van der Waals surface area contributed by atoms with Crippen molar-refractivity contribution in [3.05, 3.63) is 49.1 Å². The van der Waals surface area contributed by atoms with Crippen LogP contribution in [0.25, 0.3) is 28.2 Å². The molecule has 40 heavy (non-hydrogen) atoms. The van der Waals surface area contributed by atoms with Crippen LogP contribution in [-0.2, 0) is 9.47 Å². The molecule has 0 unspecified atom stereocenters. The molecule has 4 aromatic rings. The Hall–Kier alpha value is -4.12. The number of nitrogen functional groups attached to an aromatic ring is 1. The van der Waals surface area contributed by atoms with Crippen LogP contribution in [-0.4, -0.2) is 71.1 Å². The first kappa shape index (κ1) is 26.1. The van der Waals surface area contributed by atoms with Gasteiger partial charge in [0.2, 0.25) is 5.78 Å². The highest BCUT2D eigenvalue weighted by molar-refractivity contribution is 5.75. The third-order valence-corrected chi connectivity index (χ3v) is 7.49. The summed E-state index contributed by atoms with van der Waals surface area (Å²) in [7, 11) is 0. The number of carbonyl (C=O) groups excluding carboxylic acids is 1. The average molecular weight is 546 g/mol. The molecule has 11 heteroatoms. The lowest BCUT2D eigenvalue weighted by Crippen LogP contribution is -2.45. The monoisotopic (exact) mass is 545 g/mol. The van der Waals surface area contributed by atoms with Crippen molar-refractivity contribution in [3.8, 4) is 28.1 Å². The molecule has 1 aliphatic heterocycles. The standard InChI is InChI=1S/C29H35N7O4/c1-29(2,3)40-28(38)34-10-8-20(9-11-34)39-21-12-19(13-21)36-15-18(14-31-36)23-16-35-17-24(32-27(35)33-26(23)30)22-6-4-5-7-25(22)37/h4-7,14-17,19-21,37H,8-13H2,1-3H3,(H2,30,32,33). The van der Waals surface area contributed by atoms with Gasteiger partial charge in [-0.2, -0.15) is 10.1 Å². The summed E-state index contributed by atoms with van der Waals surface area (Å²) in [5.41, 5.74) is 8.73. The number of nitrogens with zero attached hydrogens (tertiary/aromatic N) is 6. The molecular weight excluding hydrogens is 510 g/mol. The molecule has 11 nitrogen and oxygen atoms in total. The number of benzene rings is 1. The van der Waals surface area contributed by atoms with Gasteiger partial charge in [-0.25, -0.2) is 9.78 Å². The maximum atomic E-state index is 12.3. The Labute approximate surface area is 232 Å². The number of imidazole rings is 1. The minimum Gasteiger partial charge on any atom is -0.507 e. The second kappa shape index (κ2) is 10.1. The van der Waals surface area contributed by atoms with Gasteiger partial charge in [0, 0.05) is 48.4 Å². The summed E-state index contributed by atoms with van der Waals surface area (Å²) in [6, 6.07) is 7.33. The number of rotatable bonds is 5. The molecule has 0 atom stereocenters. The Balaban J connectivity index is 1.05. The number of ether oxygens (including phenoxy) is 2. The number of aromatic hydroxyl groups is 1. The maximum Gasteiger partial charge on any atom is 0.410 e. The minimum absolute atomic E-state index is 0.160. The highest BCUT2D eigenvalue weighted by atomic mass is 16.6. The SMILES string of the molecule is CC(C)(C)OC(=O)N1CCC(OC2CC(n3cc(-c4cn5cc(-c6ccccc6O)nc5nc4N)cn3)C2)CC1. The molecule has 0 spiro atoms. The van der Waals surface area contributed by atoms with Crippen molar-refractivity contribution in [1.29, 1.82) is 0 Å². The lowest BCUT2D eigenvalue weighted by Gasteiger charge is -2.40. The smallest absolute Gasteiger partial charge is 0.410 e. The van der Waals surface area contributed by atoms with Gasteiger partial charge in [-0.1, -0.05) is 12.1 Å². The molecule has 210 valence electrons. The summed E-state index contributed by atoms with van der Waals surface area (Å²) in [5, 5.41) is 14.8. The van der Waals surface area contributed by atoms with Gasteiger partial charge in [-0.05, 0) is 58.6 Å². The van der Waals surface area contributed by atoms with Crippen molar-refractivity contribution in [2.75, 3.05) is 18.8 Å². The van der Waals surface area contributed by atoms with Gasteiger partial charge in [-0.15, -0.1) is 0 Å². The van der Waals surface area contributed by atoms with Gasteiger partial charge in [0.1, 0.15) is 17.2 Å². The zero-order valence-electron chi connectivity index (χ0n) is 23.0. The Bertz CT molecular complexity index is 1520. The van der Waals surface area contributed by atoms with E-state index in [2.05, 4.69) is 15.1 Å². The number of phenolic OH excluding ortho intramolecular Hbond substituents is 1. The lowest BCUT2D eigenvalue weighted by molar-refractivity contribution is -0.0919. The van der Waals surface area contributed by atoms with Crippen molar-refractivity contribution in [3.63, 3.8) is 0 Å². The molecular formula is C29H35N7O4. The number of anilines is 1. The molecule has 1 aromatic carbocycles. The van der Waals surface area contributed by atoms with Crippen molar-refractivity contribution in [1.82, 2.24) is 29.0 Å². The van der Waals surface area contributed by atoms with E-state index in [4.69, 9.17) is 15.2 Å². The summed E-state index contributed by atoms with van der Waals surface area (Å²) < 4.78 is 15.6. The third-order valence-electron chi connectivity index (χ3n) is 7.49. The van der Waals surface area contributed by atoms with E-state index < -0.39 is 5.60 Å². The zero-order chi connectivity index (χ0) is 28.0. The quantitative estimate of drug-likeness (QED) is 0.370. The number of fused-ring (bicyclic) bond motifs is 1.